The molecule has 2 aromatic rings. The SMILES string of the molecule is O=c1ccnc(SCCCN2C[C@@H]3C[C@]3(c3ccc(C(F)(F)F)cc3)C2)[nH]1. The zero-order valence-corrected chi connectivity index (χ0v) is 15.4. The number of piperidine rings is 1. The maximum atomic E-state index is 12.7. The highest BCUT2D eigenvalue weighted by molar-refractivity contribution is 7.99. The van der Waals surface area contributed by atoms with E-state index in [1.165, 1.54) is 36.2 Å². The van der Waals surface area contributed by atoms with Crippen molar-refractivity contribution in [3.05, 3.63) is 58.0 Å². The number of aromatic amines is 1. The predicted octanol–water partition coefficient (Wildman–Crippen LogP) is 3.54. The minimum atomic E-state index is -4.28. The number of hydrogen-bond donors (Lipinski definition) is 1. The van der Waals surface area contributed by atoms with Gasteiger partial charge in [-0.1, -0.05) is 23.9 Å². The van der Waals surface area contributed by atoms with E-state index in [-0.39, 0.29) is 11.0 Å². The number of alkyl halides is 3. The molecule has 2 fully saturated rings. The fourth-order valence-electron chi connectivity index (χ4n) is 4.08. The van der Waals surface area contributed by atoms with Gasteiger partial charge in [0.25, 0.3) is 5.56 Å². The van der Waals surface area contributed by atoms with Gasteiger partial charge in [0.15, 0.2) is 5.16 Å². The summed E-state index contributed by atoms with van der Waals surface area (Å²) < 4.78 is 38.2. The van der Waals surface area contributed by atoms with E-state index in [2.05, 4.69) is 14.9 Å². The summed E-state index contributed by atoms with van der Waals surface area (Å²) in [5, 5.41) is 0.632. The molecule has 4 rings (SSSR count). The molecule has 4 nitrogen and oxygen atoms in total. The Balaban J connectivity index is 1.28. The number of hydrogen-bond acceptors (Lipinski definition) is 4. The van der Waals surface area contributed by atoms with Crippen LogP contribution in [-0.4, -0.2) is 40.3 Å². The molecular formula is C19H20F3N3OS. The number of nitrogens with zero attached hydrogens (tertiary/aromatic N) is 2. The first kappa shape index (κ1) is 18.6. The summed E-state index contributed by atoms with van der Waals surface area (Å²) in [5.74, 6) is 1.41. The first-order chi connectivity index (χ1) is 12.9. The van der Waals surface area contributed by atoms with E-state index in [1.807, 2.05) is 0 Å². The van der Waals surface area contributed by atoms with E-state index >= 15 is 0 Å². The van der Waals surface area contributed by atoms with Gasteiger partial charge in [-0.25, -0.2) is 4.98 Å². The second kappa shape index (κ2) is 6.98. The maximum absolute atomic E-state index is 12.7. The van der Waals surface area contributed by atoms with Gasteiger partial charge in [0, 0.05) is 36.5 Å². The van der Waals surface area contributed by atoms with Crippen LogP contribution in [-0.2, 0) is 11.6 Å². The monoisotopic (exact) mass is 395 g/mol. The fourth-order valence-corrected chi connectivity index (χ4v) is 4.85. The Morgan fingerprint density at radius 1 is 1.26 bits per heavy atom. The number of halogens is 3. The summed E-state index contributed by atoms with van der Waals surface area (Å²) in [6, 6.07) is 7.10. The Morgan fingerprint density at radius 2 is 2.04 bits per heavy atom. The van der Waals surface area contributed by atoms with Crippen LogP contribution in [0.25, 0.3) is 0 Å². The Kier molecular flexibility index (Phi) is 4.80. The van der Waals surface area contributed by atoms with E-state index < -0.39 is 11.7 Å². The summed E-state index contributed by atoms with van der Waals surface area (Å²) in [6.07, 6.45) is -0.739. The molecule has 8 heteroatoms. The Morgan fingerprint density at radius 3 is 2.74 bits per heavy atom. The van der Waals surface area contributed by atoms with Gasteiger partial charge in [0.1, 0.15) is 0 Å². The molecule has 0 bridgehead atoms. The van der Waals surface area contributed by atoms with Crippen molar-refractivity contribution in [1.29, 1.82) is 0 Å². The van der Waals surface area contributed by atoms with Gasteiger partial charge in [-0.3, -0.25) is 4.79 Å². The number of H-pyrrole nitrogens is 1. The van der Waals surface area contributed by atoms with Crippen LogP contribution in [0.5, 0.6) is 0 Å². The minimum absolute atomic E-state index is 0.0451. The van der Waals surface area contributed by atoms with Crippen molar-refractivity contribution in [3.63, 3.8) is 0 Å². The highest BCUT2D eigenvalue weighted by Gasteiger charge is 2.60. The van der Waals surface area contributed by atoms with Crippen molar-refractivity contribution in [2.24, 2.45) is 5.92 Å². The van der Waals surface area contributed by atoms with E-state index in [1.54, 1.807) is 12.1 Å². The fraction of sp³-hybridized carbons (Fsp3) is 0.474. The van der Waals surface area contributed by atoms with Gasteiger partial charge >= 0.3 is 6.18 Å². The highest BCUT2D eigenvalue weighted by Crippen LogP contribution is 2.59. The third kappa shape index (κ3) is 3.91. The predicted molar refractivity (Wildman–Crippen MR) is 97.9 cm³/mol. The lowest BCUT2D eigenvalue weighted by Crippen LogP contribution is -2.28. The van der Waals surface area contributed by atoms with E-state index in [0.29, 0.717) is 11.1 Å². The standard InChI is InChI=1S/C19H20F3N3OS/c20-19(21,22)14-4-2-13(3-5-14)18-10-15(18)11-25(12-18)8-1-9-27-17-23-7-6-16(26)24-17/h2-7,15H,1,8-12H2,(H,23,24,26)/t15-,18+/m0/s1. The number of nitrogens with one attached hydrogen (secondary N) is 1. The maximum Gasteiger partial charge on any atom is 0.416 e. The molecule has 2 aliphatic rings. The highest BCUT2D eigenvalue weighted by atomic mass is 32.2. The van der Waals surface area contributed by atoms with Crippen molar-refractivity contribution in [2.45, 2.75) is 29.6 Å². The largest absolute Gasteiger partial charge is 0.416 e. The van der Waals surface area contributed by atoms with Crippen molar-refractivity contribution in [2.75, 3.05) is 25.4 Å². The minimum Gasteiger partial charge on any atom is -0.302 e. The molecule has 1 aliphatic carbocycles. The van der Waals surface area contributed by atoms with Gasteiger partial charge < -0.3 is 9.88 Å². The molecule has 2 atom stereocenters. The summed E-state index contributed by atoms with van der Waals surface area (Å²) in [4.78, 5) is 20.4. The first-order valence-electron chi connectivity index (χ1n) is 8.95. The average Bonchev–Trinajstić information content (AvgIpc) is 3.20. The summed E-state index contributed by atoms with van der Waals surface area (Å²) in [6.45, 7) is 2.86. The normalized spacial score (nSPS) is 24.8. The second-order valence-corrected chi connectivity index (χ2v) is 8.39. The molecule has 144 valence electrons. The van der Waals surface area contributed by atoms with Crippen LogP contribution in [0.4, 0.5) is 13.2 Å². The zero-order chi connectivity index (χ0) is 19.1. The van der Waals surface area contributed by atoms with Crippen LogP contribution in [0.2, 0.25) is 0 Å². The molecule has 0 spiro atoms. The molecule has 1 aromatic heterocycles. The lowest BCUT2D eigenvalue weighted by Gasteiger charge is -2.21. The molecule has 27 heavy (non-hydrogen) atoms. The topological polar surface area (TPSA) is 49.0 Å². The average molecular weight is 395 g/mol. The van der Waals surface area contributed by atoms with Crippen LogP contribution in [0.15, 0.2) is 46.5 Å². The van der Waals surface area contributed by atoms with Gasteiger partial charge in [0.2, 0.25) is 0 Å². The van der Waals surface area contributed by atoms with Crippen molar-refractivity contribution in [3.8, 4) is 0 Å². The molecule has 1 saturated heterocycles. The third-order valence-corrected chi connectivity index (χ3v) is 6.48. The first-order valence-corrected chi connectivity index (χ1v) is 9.94. The second-order valence-electron chi connectivity index (χ2n) is 7.31. The molecule has 1 aliphatic heterocycles. The molecule has 1 saturated carbocycles. The number of likely N-dealkylation sites (tertiary alicyclic amines) is 1. The molecule has 1 aromatic carbocycles. The van der Waals surface area contributed by atoms with Crippen molar-refractivity contribution >= 4 is 11.8 Å². The molecule has 0 amide bonds. The van der Waals surface area contributed by atoms with Crippen molar-refractivity contribution < 1.29 is 13.2 Å². The number of aromatic nitrogens is 2. The smallest absolute Gasteiger partial charge is 0.302 e. The van der Waals surface area contributed by atoms with E-state index in [0.717, 1.165) is 43.8 Å². The molecule has 1 N–H and O–H groups in total. The number of rotatable bonds is 6. The Bertz CT molecular complexity index is 867. The zero-order valence-electron chi connectivity index (χ0n) is 14.6. The lowest BCUT2D eigenvalue weighted by atomic mass is 9.94. The summed E-state index contributed by atoms with van der Waals surface area (Å²) in [7, 11) is 0. The summed E-state index contributed by atoms with van der Waals surface area (Å²) in [5.41, 5.74) is 0.345. The quantitative estimate of drug-likeness (QED) is 0.462. The molecule has 0 unspecified atom stereocenters. The lowest BCUT2D eigenvalue weighted by molar-refractivity contribution is -0.137. The van der Waals surface area contributed by atoms with Crippen LogP contribution in [0.1, 0.15) is 24.0 Å². The van der Waals surface area contributed by atoms with E-state index in [4.69, 9.17) is 0 Å². The third-order valence-electron chi connectivity index (χ3n) is 5.51. The molecule has 0 radical (unpaired) electrons. The number of fused-ring (bicyclic) bond motifs is 1. The van der Waals surface area contributed by atoms with Crippen LogP contribution in [0.3, 0.4) is 0 Å². The number of thioether (sulfide) groups is 1. The van der Waals surface area contributed by atoms with Gasteiger partial charge in [-0.05, 0) is 43.0 Å². The van der Waals surface area contributed by atoms with Gasteiger partial charge in [0.05, 0.1) is 5.56 Å². The Labute approximate surface area is 159 Å². The summed E-state index contributed by atoms with van der Waals surface area (Å²) >= 11 is 1.53. The van der Waals surface area contributed by atoms with Gasteiger partial charge in [-0.15, -0.1) is 0 Å². The van der Waals surface area contributed by atoms with Crippen LogP contribution >= 0.6 is 11.8 Å². The Hall–Kier alpha value is -1.80. The molecule has 2 heterocycles. The number of benzene rings is 1. The van der Waals surface area contributed by atoms with Crippen LogP contribution in [0, 0.1) is 5.92 Å². The van der Waals surface area contributed by atoms with Gasteiger partial charge in [-0.2, -0.15) is 13.2 Å². The van der Waals surface area contributed by atoms with E-state index in [9.17, 15) is 18.0 Å². The van der Waals surface area contributed by atoms with Crippen molar-refractivity contribution in [1.82, 2.24) is 14.9 Å². The molecular weight excluding hydrogens is 375 g/mol. The van der Waals surface area contributed by atoms with Crippen LogP contribution < -0.4 is 5.56 Å².